The van der Waals surface area contributed by atoms with Gasteiger partial charge in [-0.2, -0.15) is 15.1 Å². The minimum Gasteiger partial charge on any atom is -0.480 e. The molecule has 3 atom stereocenters. The molecule has 3 saturated heterocycles. The van der Waals surface area contributed by atoms with E-state index in [9.17, 15) is 5.11 Å². The summed E-state index contributed by atoms with van der Waals surface area (Å²) in [6, 6.07) is 2.85. The highest BCUT2D eigenvalue weighted by Crippen LogP contribution is 2.51. The SMILES string of the molecule is COc1nc(-c2c(C)c(Cl)cc3[nH]ncc23)c(F)c2nc(OCC34CCCC3N(C3CCC5(CCO5)CC3)CCC4)nc(N3CCOC[C@@](C)(O)C3)c12. The van der Waals surface area contributed by atoms with Gasteiger partial charge in [0.05, 0.1) is 57.4 Å². The highest BCUT2D eigenvalue weighted by molar-refractivity contribution is 6.33. The van der Waals surface area contributed by atoms with Crippen molar-refractivity contribution in [1.82, 2.24) is 30.0 Å². The van der Waals surface area contributed by atoms with Crippen LogP contribution in [0, 0.1) is 18.2 Å². The van der Waals surface area contributed by atoms with Gasteiger partial charge in [0.25, 0.3) is 0 Å². The number of aromatic amines is 1. The fourth-order valence-corrected chi connectivity index (χ4v) is 10.4. The van der Waals surface area contributed by atoms with Crippen molar-refractivity contribution < 1.29 is 28.4 Å². The number of β-amino-alcohol motifs (C(OH)–C–C–N with tert-alkyl or cyclic N) is 1. The quantitative estimate of drug-likeness (QED) is 0.218. The van der Waals surface area contributed by atoms with Crippen molar-refractivity contribution in [2.45, 2.75) is 101 Å². The lowest BCUT2D eigenvalue weighted by atomic mass is 9.72. The van der Waals surface area contributed by atoms with Crippen LogP contribution in [0.15, 0.2) is 12.3 Å². The van der Waals surface area contributed by atoms with E-state index in [1.54, 1.807) is 19.2 Å². The first-order valence-corrected chi connectivity index (χ1v) is 19.6. The minimum absolute atomic E-state index is 0.0211. The third-order valence-corrected chi connectivity index (χ3v) is 13.4. The average Bonchev–Trinajstić information content (AvgIpc) is 3.75. The van der Waals surface area contributed by atoms with Crippen LogP contribution in [0.5, 0.6) is 11.9 Å². The number of rotatable bonds is 7. The number of methoxy groups -OCH3 is 1. The van der Waals surface area contributed by atoms with Crippen molar-refractivity contribution >= 4 is 39.2 Å². The third kappa shape index (κ3) is 6.11. The van der Waals surface area contributed by atoms with E-state index in [0.717, 1.165) is 58.1 Å². The number of likely N-dealkylation sites (tertiary alicyclic amines) is 1. The molecule has 2 N–H and O–H groups in total. The van der Waals surface area contributed by atoms with Crippen LogP contribution < -0.4 is 14.4 Å². The van der Waals surface area contributed by atoms with Crippen LogP contribution >= 0.6 is 11.6 Å². The summed E-state index contributed by atoms with van der Waals surface area (Å²) in [5.74, 6) is -0.120. The number of pyridine rings is 1. The number of H-pyrrole nitrogens is 1. The molecule has 0 radical (unpaired) electrons. The molecule has 12 nitrogen and oxygen atoms in total. The third-order valence-electron chi connectivity index (χ3n) is 13.0. The van der Waals surface area contributed by atoms with Gasteiger partial charge in [-0.05, 0) is 89.8 Å². The topological polar surface area (TPSA) is 131 Å². The molecule has 9 rings (SSSR count). The predicted octanol–water partition coefficient (Wildman–Crippen LogP) is 6.38. The molecule has 14 heteroatoms. The van der Waals surface area contributed by atoms with Crippen molar-refractivity contribution in [1.29, 1.82) is 0 Å². The molecule has 0 bridgehead atoms. The minimum atomic E-state index is -1.18. The number of nitrogens with one attached hydrogen (secondary N) is 1. The molecule has 0 amide bonds. The predicted molar refractivity (Wildman–Crippen MR) is 199 cm³/mol. The Morgan fingerprint density at radius 2 is 1.89 bits per heavy atom. The Bertz CT molecular complexity index is 2030. The zero-order valence-electron chi connectivity index (χ0n) is 30.8. The Labute approximate surface area is 313 Å². The Morgan fingerprint density at radius 3 is 2.66 bits per heavy atom. The number of piperidine rings is 1. The summed E-state index contributed by atoms with van der Waals surface area (Å²) in [5, 5.41) is 19.8. The van der Waals surface area contributed by atoms with Gasteiger partial charge in [-0.3, -0.25) is 10.00 Å². The van der Waals surface area contributed by atoms with Gasteiger partial charge in [-0.25, -0.2) is 9.37 Å². The fourth-order valence-electron chi connectivity index (χ4n) is 10.2. The van der Waals surface area contributed by atoms with Gasteiger partial charge in [0, 0.05) is 40.0 Å². The van der Waals surface area contributed by atoms with Crippen LogP contribution in [0.25, 0.3) is 33.1 Å². The van der Waals surface area contributed by atoms with Gasteiger partial charge >= 0.3 is 6.01 Å². The monoisotopic (exact) mass is 749 g/mol. The second-order valence-corrected chi connectivity index (χ2v) is 16.8. The number of anilines is 1. The molecule has 2 aliphatic carbocycles. The number of fused-ring (bicyclic) bond motifs is 3. The molecule has 2 unspecified atom stereocenters. The molecule has 2 saturated carbocycles. The first kappa shape index (κ1) is 35.3. The Hall–Kier alpha value is -3.36. The van der Waals surface area contributed by atoms with E-state index in [1.807, 2.05) is 11.8 Å². The van der Waals surface area contributed by atoms with Crippen LogP contribution in [0.2, 0.25) is 5.02 Å². The van der Waals surface area contributed by atoms with Gasteiger partial charge in [-0.15, -0.1) is 0 Å². The number of halogens is 2. The molecule has 3 aliphatic heterocycles. The summed E-state index contributed by atoms with van der Waals surface area (Å²) >= 11 is 6.65. The molecule has 5 aliphatic rings. The maximum Gasteiger partial charge on any atom is 0.319 e. The number of ether oxygens (including phenoxy) is 4. The molecule has 53 heavy (non-hydrogen) atoms. The summed E-state index contributed by atoms with van der Waals surface area (Å²) in [7, 11) is 1.50. The summed E-state index contributed by atoms with van der Waals surface area (Å²) < 4.78 is 41.6. The van der Waals surface area contributed by atoms with Crippen LogP contribution in [0.4, 0.5) is 10.2 Å². The average molecular weight is 750 g/mol. The van der Waals surface area contributed by atoms with Crippen LogP contribution in [0.1, 0.15) is 76.7 Å². The van der Waals surface area contributed by atoms with Gasteiger partial charge in [0.15, 0.2) is 5.82 Å². The van der Waals surface area contributed by atoms with E-state index in [0.29, 0.717) is 70.1 Å². The van der Waals surface area contributed by atoms with E-state index in [1.165, 1.54) is 26.4 Å². The summed E-state index contributed by atoms with van der Waals surface area (Å²) in [6.07, 6.45) is 13.1. The molecule has 4 aromatic rings. The summed E-state index contributed by atoms with van der Waals surface area (Å²) in [6.45, 7) is 7.14. The second-order valence-electron chi connectivity index (χ2n) is 16.4. The van der Waals surface area contributed by atoms with Crippen molar-refractivity contribution in [2.75, 3.05) is 58.1 Å². The number of benzene rings is 1. The molecule has 5 fully saturated rings. The number of aromatic nitrogens is 5. The van der Waals surface area contributed by atoms with E-state index in [2.05, 4.69) is 15.1 Å². The van der Waals surface area contributed by atoms with Gasteiger partial charge < -0.3 is 29.0 Å². The molecule has 284 valence electrons. The van der Waals surface area contributed by atoms with Gasteiger partial charge in [0.2, 0.25) is 5.88 Å². The first-order valence-electron chi connectivity index (χ1n) is 19.2. The number of hydrogen-bond donors (Lipinski definition) is 2. The highest BCUT2D eigenvalue weighted by atomic mass is 35.5. The Kier molecular flexibility index (Phi) is 8.96. The molecule has 3 aromatic heterocycles. The molecule has 1 spiro atoms. The largest absolute Gasteiger partial charge is 0.480 e. The Morgan fingerprint density at radius 1 is 1.08 bits per heavy atom. The second kappa shape index (κ2) is 13.4. The maximum absolute atomic E-state index is 17.3. The number of nitrogens with zero attached hydrogens (tertiary/aromatic N) is 6. The number of hydrogen-bond acceptors (Lipinski definition) is 11. The van der Waals surface area contributed by atoms with E-state index >= 15 is 4.39 Å². The lowest BCUT2D eigenvalue weighted by Gasteiger charge is -2.53. The smallest absolute Gasteiger partial charge is 0.319 e. The summed E-state index contributed by atoms with van der Waals surface area (Å²) in [4.78, 5) is 19.2. The van der Waals surface area contributed by atoms with Crippen LogP contribution in [-0.2, 0) is 9.47 Å². The van der Waals surface area contributed by atoms with E-state index in [4.69, 9.17) is 45.5 Å². The number of aliphatic hydroxyl groups is 1. The van der Waals surface area contributed by atoms with Crippen LogP contribution in [-0.4, -0.2) is 112 Å². The zero-order chi connectivity index (χ0) is 36.5. The van der Waals surface area contributed by atoms with Crippen molar-refractivity contribution in [3.63, 3.8) is 0 Å². The standard InChI is InChI=1S/C39H49ClFN7O5/c1-23-26(40)18-27-25(19-42-46-27)29(23)32-31(41)33-30(35(43-32)50-3)34(47-15-17-51-21-37(2,49)20-47)45-36(44-33)52-22-38-9-4-6-28(38)48(14-5-10-38)24-7-11-39(12-8-24)13-16-53-39/h18-19,24,28,49H,4-17,20-22H2,1-3H3,(H,42,46)/t24?,28?,37-,38?,39?/m0/s1. The molecule has 1 aromatic carbocycles. The van der Waals surface area contributed by atoms with Crippen molar-refractivity contribution in [3.8, 4) is 23.1 Å². The summed E-state index contributed by atoms with van der Waals surface area (Å²) in [5.41, 5.74) is 0.804. The Balaban J connectivity index is 1.11. The lowest BCUT2D eigenvalue weighted by Crippen LogP contribution is -2.58. The van der Waals surface area contributed by atoms with Crippen LogP contribution in [0.3, 0.4) is 0 Å². The first-order chi connectivity index (χ1) is 25.6. The van der Waals surface area contributed by atoms with Crippen molar-refractivity contribution in [3.05, 3.63) is 28.7 Å². The highest BCUT2D eigenvalue weighted by Gasteiger charge is 2.52. The van der Waals surface area contributed by atoms with E-state index in [-0.39, 0.29) is 47.3 Å². The van der Waals surface area contributed by atoms with Crippen molar-refractivity contribution in [2.24, 2.45) is 5.41 Å². The normalized spacial score (nSPS) is 30.8. The lowest BCUT2D eigenvalue weighted by molar-refractivity contribution is -0.175. The molecule has 6 heterocycles. The zero-order valence-corrected chi connectivity index (χ0v) is 31.6. The molecular weight excluding hydrogens is 701 g/mol. The van der Waals surface area contributed by atoms with Gasteiger partial charge in [0.1, 0.15) is 28.0 Å². The fraction of sp³-hybridized carbons (Fsp3) is 0.641. The maximum atomic E-state index is 17.3. The van der Waals surface area contributed by atoms with Gasteiger partial charge in [-0.1, -0.05) is 18.0 Å². The molecular formula is C39H49ClFN7O5. The van der Waals surface area contributed by atoms with E-state index < -0.39 is 11.4 Å².